The SMILES string of the molecule is C1=CCCNCCC1. The predicted octanol–water partition coefficient (Wildman–Crippen LogP) is 1.32. The zero-order chi connectivity index (χ0) is 5.66. The minimum atomic E-state index is 1.16. The van der Waals surface area contributed by atoms with Gasteiger partial charge >= 0.3 is 0 Å². The van der Waals surface area contributed by atoms with Crippen molar-refractivity contribution in [2.45, 2.75) is 19.3 Å². The third kappa shape index (κ3) is 2.12. The van der Waals surface area contributed by atoms with Gasteiger partial charge in [0.25, 0.3) is 0 Å². The van der Waals surface area contributed by atoms with Gasteiger partial charge < -0.3 is 5.32 Å². The van der Waals surface area contributed by atoms with Crippen molar-refractivity contribution in [2.24, 2.45) is 0 Å². The molecule has 46 valence electrons. The Morgan fingerprint density at radius 3 is 2.88 bits per heavy atom. The molecular formula is C7H13N. The Kier molecular flexibility index (Phi) is 2.68. The number of hydrogen-bond donors (Lipinski definition) is 1. The lowest BCUT2D eigenvalue weighted by molar-refractivity contribution is 0.645. The molecular weight excluding hydrogens is 98.1 g/mol. The van der Waals surface area contributed by atoms with E-state index in [1.54, 1.807) is 0 Å². The summed E-state index contributed by atoms with van der Waals surface area (Å²) in [6.45, 7) is 2.36. The fourth-order valence-corrected chi connectivity index (χ4v) is 0.891. The summed E-state index contributed by atoms with van der Waals surface area (Å²) in [4.78, 5) is 0. The molecule has 1 aliphatic heterocycles. The summed E-state index contributed by atoms with van der Waals surface area (Å²) in [6.07, 6.45) is 8.30. The van der Waals surface area contributed by atoms with Crippen molar-refractivity contribution in [2.75, 3.05) is 13.1 Å². The van der Waals surface area contributed by atoms with E-state index in [1.807, 2.05) is 0 Å². The van der Waals surface area contributed by atoms with Crippen LogP contribution in [-0.2, 0) is 0 Å². The summed E-state index contributed by atoms with van der Waals surface area (Å²) in [5.74, 6) is 0. The maximum atomic E-state index is 3.34. The fourth-order valence-electron chi connectivity index (χ4n) is 0.891. The molecule has 0 aliphatic carbocycles. The van der Waals surface area contributed by atoms with Crippen molar-refractivity contribution in [1.82, 2.24) is 5.32 Å². The normalized spacial score (nSPS) is 22.0. The Labute approximate surface area is 50.8 Å². The van der Waals surface area contributed by atoms with Crippen LogP contribution in [0.1, 0.15) is 19.3 Å². The highest BCUT2D eigenvalue weighted by Crippen LogP contribution is 1.94. The van der Waals surface area contributed by atoms with E-state index in [9.17, 15) is 0 Å². The number of rotatable bonds is 0. The first-order chi connectivity index (χ1) is 4.00. The van der Waals surface area contributed by atoms with Crippen LogP contribution in [-0.4, -0.2) is 13.1 Å². The van der Waals surface area contributed by atoms with E-state index >= 15 is 0 Å². The minimum Gasteiger partial charge on any atom is -0.316 e. The van der Waals surface area contributed by atoms with Crippen LogP contribution < -0.4 is 5.32 Å². The Morgan fingerprint density at radius 1 is 1.00 bits per heavy atom. The summed E-state index contributed by atoms with van der Waals surface area (Å²) in [7, 11) is 0. The fraction of sp³-hybridized carbons (Fsp3) is 0.714. The standard InChI is InChI=1S/C7H13N/c1-2-4-6-8-7-5-3-1/h1-2,8H,3-7H2. The highest BCUT2D eigenvalue weighted by molar-refractivity contribution is 4.83. The Hall–Kier alpha value is -0.300. The van der Waals surface area contributed by atoms with Gasteiger partial charge in [0.15, 0.2) is 0 Å². The second-order valence-electron chi connectivity index (χ2n) is 2.15. The lowest BCUT2D eigenvalue weighted by Crippen LogP contribution is -2.16. The molecule has 0 saturated heterocycles. The summed E-state index contributed by atoms with van der Waals surface area (Å²) >= 11 is 0. The van der Waals surface area contributed by atoms with E-state index in [2.05, 4.69) is 17.5 Å². The van der Waals surface area contributed by atoms with Gasteiger partial charge in [-0.2, -0.15) is 0 Å². The van der Waals surface area contributed by atoms with Crippen molar-refractivity contribution >= 4 is 0 Å². The average molecular weight is 111 g/mol. The van der Waals surface area contributed by atoms with E-state index < -0.39 is 0 Å². The van der Waals surface area contributed by atoms with Crippen LogP contribution in [0.15, 0.2) is 12.2 Å². The second-order valence-corrected chi connectivity index (χ2v) is 2.15. The zero-order valence-electron chi connectivity index (χ0n) is 5.19. The monoisotopic (exact) mass is 111 g/mol. The van der Waals surface area contributed by atoms with E-state index in [4.69, 9.17) is 0 Å². The summed E-state index contributed by atoms with van der Waals surface area (Å²) in [5, 5.41) is 3.34. The smallest absolute Gasteiger partial charge is 0.00143 e. The average Bonchev–Trinajstić information content (AvgIpc) is 1.62. The van der Waals surface area contributed by atoms with E-state index in [0.29, 0.717) is 0 Å². The van der Waals surface area contributed by atoms with Crippen molar-refractivity contribution in [3.05, 3.63) is 12.2 Å². The van der Waals surface area contributed by atoms with E-state index in [0.717, 1.165) is 6.54 Å². The Balaban J connectivity index is 2.17. The molecule has 0 amide bonds. The van der Waals surface area contributed by atoms with Crippen molar-refractivity contribution in [3.8, 4) is 0 Å². The number of allylic oxidation sites excluding steroid dienone is 1. The quantitative estimate of drug-likeness (QED) is 0.465. The first-order valence-corrected chi connectivity index (χ1v) is 3.36. The Morgan fingerprint density at radius 2 is 1.88 bits per heavy atom. The van der Waals surface area contributed by atoms with Gasteiger partial charge in [0.1, 0.15) is 0 Å². The molecule has 0 aromatic heterocycles. The van der Waals surface area contributed by atoms with Crippen molar-refractivity contribution < 1.29 is 0 Å². The van der Waals surface area contributed by atoms with Crippen LogP contribution in [0, 0.1) is 0 Å². The van der Waals surface area contributed by atoms with Gasteiger partial charge in [-0.1, -0.05) is 12.2 Å². The number of hydrogen-bond acceptors (Lipinski definition) is 1. The van der Waals surface area contributed by atoms with Crippen LogP contribution in [0.5, 0.6) is 0 Å². The van der Waals surface area contributed by atoms with Crippen LogP contribution in [0.3, 0.4) is 0 Å². The maximum Gasteiger partial charge on any atom is -0.00143 e. The van der Waals surface area contributed by atoms with Gasteiger partial charge in [-0.3, -0.25) is 0 Å². The summed E-state index contributed by atoms with van der Waals surface area (Å²) in [6, 6.07) is 0. The molecule has 0 fully saturated rings. The minimum absolute atomic E-state index is 1.16. The Bertz CT molecular complexity index is 66.5. The van der Waals surface area contributed by atoms with Gasteiger partial charge in [0.2, 0.25) is 0 Å². The molecule has 0 atom stereocenters. The van der Waals surface area contributed by atoms with Crippen molar-refractivity contribution in [3.63, 3.8) is 0 Å². The second kappa shape index (κ2) is 3.67. The molecule has 1 N–H and O–H groups in total. The molecule has 1 aliphatic rings. The van der Waals surface area contributed by atoms with Crippen LogP contribution in [0.4, 0.5) is 0 Å². The molecule has 8 heavy (non-hydrogen) atoms. The molecule has 1 rings (SSSR count). The first kappa shape index (κ1) is 5.83. The summed E-state index contributed by atoms with van der Waals surface area (Å²) < 4.78 is 0. The molecule has 0 aromatic carbocycles. The molecule has 0 saturated carbocycles. The summed E-state index contributed by atoms with van der Waals surface area (Å²) in [5.41, 5.74) is 0. The largest absolute Gasteiger partial charge is 0.316 e. The van der Waals surface area contributed by atoms with Gasteiger partial charge in [0.05, 0.1) is 0 Å². The molecule has 0 aromatic rings. The van der Waals surface area contributed by atoms with E-state index in [-0.39, 0.29) is 0 Å². The molecule has 1 heteroatoms. The number of nitrogens with one attached hydrogen (secondary N) is 1. The van der Waals surface area contributed by atoms with E-state index in [1.165, 1.54) is 25.8 Å². The third-order valence-corrected chi connectivity index (χ3v) is 1.38. The van der Waals surface area contributed by atoms with Gasteiger partial charge in [0, 0.05) is 0 Å². The molecule has 1 heterocycles. The van der Waals surface area contributed by atoms with Crippen molar-refractivity contribution in [1.29, 1.82) is 0 Å². The van der Waals surface area contributed by atoms with Gasteiger partial charge in [-0.05, 0) is 32.4 Å². The predicted molar refractivity (Wildman–Crippen MR) is 35.9 cm³/mol. The highest BCUT2D eigenvalue weighted by atomic mass is 14.8. The molecule has 0 spiro atoms. The van der Waals surface area contributed by atoms with Gasteiger partial charge in [-0.15, -0.1) is 0 Å². The van der Waals surface area contributed by atoms with Crippen LogP contribution >= 0.6 is 0 Å². The lowest BCUT2D eigenvalue weighted by Gasteiger charge is -2.03. The van der Waals surface area contributed by atoms with Gasteiger partial charge in [-0.25, -0.2) is 0 Å². The third-order valence-electron chi connectivity index (χ3n) is 1.38. The zero-order valence-corrected chi connectivity index (χ0v) is 5.19. The maximum absolute atomic E-state index is 3.34. The topological polar surface area (TPSA) is 12.0 Å². The van der Waals surface area contributed by atoms with Crippen LogP contribution in [0.2, 0.25) is 0 Å². The molecule has 0 radical (unpaired) electrons. The molecule has 0 unspecified atom stereocenters. The first-order valence-electron chi connectivity index (χ1n) is 3.36. The highest BCUT2D eigenvalue weighted by Gasteiger charge is 1.87. The molecule has 0 bridgehead atoms. The molecule has 1 nitrogen and oxygen atoms in total. The lowest BCUT2D eigenvalue weighted by atomic mass is 10.2. The van der Waals surface area contributed by atoms with Crippen LogP contribution in [0.25, 0.3) is 0 Å².